The van der Waals surface area contributed by atoms with Gasteiger partial charge in [0.15, 0.2) is 0 Å². The van der Waals surface area contributed by atoms with Crippen LogP contribution in [-0.4, -0.2) is 10.9 Å². The number of amides is 1. The van der Waals surface area contributed by atoms with Crippen molar-refractivity contribution in [2.75, 3.05) is 10.6 Å². The van der Waals surface area contributed by atoms with E-state index in [0.29, 0.717) is 11.6 Å². The minimum Gasteiger partial charge on any atom is -0.355 e. The number of nitrogens with zero attached hydrogens (tertiary/aromatic N) is 1. The van der Waals surface area contributed by atoms with Crippen molar-refractivity contribution in [1.82, 2.24) is 4.98 Å². The predicted octanol–water partition coefficient (Wildman–Crippen LogP) is 5.34. The summed E-state index contributed by atoms with van der Waals surface area (Å²) in [7, 11) is 0. The molecule has 0 fully saturated rings. The Balaban J connectivity index is 1.72. The fourth-order valence-electron chi connectivity index (χ4n) is 2.51. The molecule has 0 unspecified atom stereocenters. The molecule has 2 aromatic carbocycles. The predicted molar refractivity (Wildman–Crippen MR) is 102 cm³/mol. The van der Waals surface area contributed by atoms with Gasteiger partial charge in [0.05, 0.1) is 0 Å². The van der Waals surface area contributed by atoms with Crippen LogP contribution in [0.2, 0.25) is 0 Å². The van der Waals surface area contributed by atoms with Crippen molar-refractivity contribution in [1.29, 1.82) is 0 Å². The summed E-state index contributed by atoms with van der Waals surface area (Å²) in [4.78, 5) is 16.4. The average molecular weight is 349 g/mol. The highest BCUT2D eigenvalue weighted by atomic mass is 19.1. The first-order valence-corrected chi connectivity index (χ1v) is 8.41. The summed E-state index contributed by atoms with van der Waals surface area (Å²) in [5.74, 6) is -0.325. The monoisotopic (exact) mass is 349 g/mol. The van der Waals surface area contributed by atoms with E-state index in [-0.39, 0.29) is 5.69 Å². The van der Waals surface area contributed by atoms with Crippen LogP contribution in [0.4, 0.5) is 21.5 Å². The minimum absolute atomic E-state index is 0.248. The molecule has 3 rings (SSSR count). The van der Waals surface area contributed by atoms with Gasteiger partial charge < -0.3 is 10.6 Å². The molecule has 2 N–H and O–H groups in total. The number of anilines is 3. The second-order valence-electron chi connectivity index (χ2n) is 6.30. The number of nitrogens with one attached hydrogen (secondary N) is 2. The third-order valence-corrected chi connectivity index (χ3v) is 3.94. The topological polar surface area (TPSA) is 54.0 Å². The van der Waals surface area contributed by atoms with Crippen molar-refractivity contribution < 1.29 is 9.18 Å². The highest BCUT2D eigenvalue weighted by Crippen LogP contribution is 2.21. The van der Waals surface area contributed by atoms with Gasteiger partial charge in [0.25, 0.3) is 5.91 Å². The molecule has 0 saturated carbocycles. The van der Waals surface area contributed by atoms with Crippen LogP contribution in [0.3, 0.4) is 0 Å². The van der Waals surface area contributed by atoms with E-state index >= 15 is 0 Å². The smallest absolute Gasteiger partial charge is 0.274 e. The number of aromatic nitrogens is 1. The van der Waals surface area contributed by atoms with Gasteiger partial charge in [-0.2, -0.15) is 0 Å². The van der Waals surface area contributed by atoms with Crippen LogP contribution >= 0.6 is 0 Å². The summed E-state index contributed by atoms with van der Waals surface area (Å²) in [6.07, 6.45) is 1.56. The van der Waals surface area contributed by atoms with E-state index in [0.717, 1.165) is 11.4 Å². The maximum atomic E-state index is 13.2. The number of rotatable bonds is 5. The second kappa shape index (κ2) is 7.78. The van der Waals surface area contributed by atoms with E-state index in [1.807, 2.05) is 12.1 Å². The third kappa shape index (κ3) is 4.45. The van der Waals surface area contributed by atoms with Crippen LogP contribution in [0.15, 0.2) is 66.9 Å². The number of benzene rings is 2. The first kappa shape index (κ1) is 17.6. The standard InChI is InChI=1S/C21H20FN3O/c1-14(2)15-6-8-17(9-7-15)24-19-10-11-23-20(13-19)21(26)25-18-5-3-4-16(22)12-18/h3-14H,1-2H3,(H,23,24)(H,25,26). The van der Waals surface area contributed by atoms with E-state index in [2.05, 4.69) is 41.6 Å². The van der Waals surface area contributed by atoms with Crippen molar-refractivity contribution in [3.05, 3.63) is 83.9 Å². The van der Waals surface area contributed by atoms with Crippen molar-refractivity contribution in [3.8, 4) is 0 Å². The van der Waals surface area contributed by atoms with Gasteiger partial charge in [0.2, 0.25) is 0 Å². The lowest BCUT2D eigenvalue weighted by Crippen LogP contribution is -2.13. The number of carbonyl (C=O) groups excluding carboxylic acids is 1. The van der Waals surface area contributed by atoms with Gasteiger partial charge in [-0.15, -0.1) is 0 Å². The molecule has 0 spiro atoms. The Morgan fingerprint density at radius 1 is 0.962 bits per heavy atom. The van der Waals surface area contributed by atoms with Gasteiger partial charge >= 0.3 is 0 Å². The highest BCUT2D eigenvalue weighted by Gasteiger charge is 2.09. The second-order valence-corrected chi connectivity index (χ2v) is 6.30. The van der Waals surface area contributed by atoms with Gasteiger partial charge in [-0.25, -0.2) is 4.39 Å². The number of hydrogen-bond acceptors (Lipinski definition) is 3. The van der Waals surface area contributed by atoms with Crippen molar-refractivity contribution in [2.24, 2.45) is 0 Å². The maximum absolute atomic E-state index is 13.2. The van der Waals surface area contributed by atoms with Crippen LogP contribution in [0.1, 0.15) is 35.8 Å². The molecule has 0 aliphatic heterocycles. The summed E-state index contributed by atoms with van der Waals surface area (Å²) in [5.41, 5.74) is 3.58. The summed E-state index contributed by atoms with van der Waals surface area (Å²) < 4.78 is 13.2. The van der Waals surface area contributed by atoms with Crippen molar-refractivity contribution >= 4 is 23.0 Å². The molecule has 0 bridgehead atoms. The van der Waals surface area contributed by atoms with E-state index in [1.165, 1.54) is 23.8 Å². The van der Waals surface area contributed by atoms with Gasteiger partial charge in [0, 0.05) is 23.3 Å². The van der Waals surface area contributed by atoms with Gasteiger partial charge in [-0.3, -0.25) is 9.78 Å². The van der Waals surface area contributed by atoms with E-state index < -0.39 is 11.7 Å². The normalized spacial score (nSPS) is 10.6. The molecule has 1 aromatic heterocycles. The van der Waals surface area contributed by atoms with E-state index in [9.17, 15) is 9.18 Å². The molecule has 0 atom stereocenters. The lowest BCUT2D eigenvalue weighted by Gasteiger charge is -2.10. The SMILES string of the molecule is CC(C)c1ccc(Nc2ccnc(C(=O)Nc3cccc(F)c3)c2)cc1. The molecule has 132 valence electrons. The third-order valence-electron chi connectivity index (χ3n) is 3.94. The largest absolute Gasteiger partial charge is 0.355 e. The molecule has 26 heavy (non-hydrogen) atoms. The molecule has 1 amide bonds. The highest BCUT2D eigenvalue weighted by molar-refractivity contribution is 6.03. The molecule has 0 radical (unpaired) electrons. The summed E-state index contributed by atoms with van der Waals surface area (Å²) in [5, 5.41) is 5.90. The zero-order valence-electron chi connectivity index (χ0n) is 14.7. The van der Waals surface area contributed by atoms with Crippen LogP contribution < -0.4 is 10.6 Å². The maximum Gasteiger partial charge on any atom is 0.274 e. The fourth-order valence-corrected chi connectivity index (χ4v) is 2.51. The fraction of sp³-hybridized carbons (Fsp3) is 0.143. The number of hydrogen-bond donors (Lipinski definition) is 2. The quantitative estimate of drug-likeness (QED) is 0.654. The Labute approximate surface area is 152 Å². The number of halogens is 1. The van der Waals surface area contributed by atoms with Gasteiger partial charge in [0.1, 0.15) is 11.5 Å². The van der Waals surface area contributed by atoms with E-state index in [4.69, 9.17) is 0 Å². The minimum atomic E-state index is -0.406. The van der Waals surface area contributed by atoms with Crippen LogP contribution in [0, 0.1) is 5.82 Å². The molecular weight excluding hydrogens is 329 g/mol. The lowest BCUT2D eigenvalue weighted by molar-refractivity contribution is 0.102. The molecule has 3 aromatic rings. The Hall–Kier alpha value is -3.21. The zero-order valence-corrected chi connectivity index (χ0v) is 14.7. The molecule has 0 aliphatic rings. The summed E-state index contributed by atoms with van der Waals surface area (Å²) >= 11 is 0. The molecule has 0 aliphatic carbocycles. The molecule has 0 saturated heterocycles. The summed E-state index contributed by atoms with van der Waals surface area (Å²) in [6.45, 7) is 4.30. The van der Waals surface area contributed by atoms with Crippen molar-refractivity contribution in [2.45, 2.75) is 19.8 Å². The molecule has 4 nitrogen and oxygen atoms in total. The first-order valence-electron chi connectivity index (χ1n) is 8.41. The lowest BCUT2D eigenvalue weighted by atomic mass is 10.0. The Morgan fingerprint density at radius 2 is 1.73 bits per heavy atom. The molecular formula is C21H20FN3O. The molecule has 5 heteroatoms. The Morgan fingerprint density at radius 3 is 2.42 bits per heavy atom. The zero-order chi connectivity index (χ0) is 18.5. The molecule has 1 heterocycles. The average Bonchev–Trinajstić information content (AvgIpc) is 2.62. The first-order chi connectivity index (χ1) is 12.5. The number of carbonyl (C=O) groups is 1. The Bertz CT molecular complexity index is 907. The van der Waals surface area contributed by atoms with Crippen LogP contribution in [0.25, 0.3) is 0 Å². The van der Waals surface area contributed by atoms with Gasteiger partial charge in [-0.1, -0.05) is 32.0 Å². The van der Waals surface area contributed by atoms with E-state index in [1.54, 1.807) is 24.4 Å². The van der Waals surface area contributed by atoms with Crippen LogP contribution in [-0.2, 0) is 0 Å². The van der Waals surface area contributed by atoms with Crippen molar-refractivity contribution in [3.63, 3.8) is 0 Å². The summed E-state index contributed by atoms with van der Waals surface area (Å²) in [6, 6.07) is 17.3. The number of pyridine rings is 1. The van der Waals surface area contributed by atoms with Gasteiger partial charge in [-0.05, 0) is 53.9 Å². The Kier molecular flexibility index (Phi) is 5.27. The van der Waals surface area contributed by atoms with Crippen LogP contribution in [0.5, 0.6) is 0 Å².